The van der Waals surface area contributed by atoms with Crippen LogP contribution in [0.15, 0.2) is 23.1 Å². The molecule has 0 amide bonds. The number of halogens is 2. The minimum Gasteiger partial charge on any atom is -0.302 e. The van der Waals surface area contributed by atoms with E-state index in [9.17, 15) is 0 Å². The zero-order valence-corrected chi connectivity index (χ0v) is 13.3. The van der Waals surface area contributed by atoms with Gasteiger partial charge in [0.05, 0.1) is 23.1 Å². The number of nitrogens with zero attached hydrogens (tertiary/aromatic N) is 2. The smallest absolute Gasteiger partial charge is 0.0994 e. The molecule has 2 nitrogen and oxygen atoms in total. The van der Waals surface area contributed by atoms with Gasteiger partial charge in [-0.15, -0.1) is 0 Å². The predicted octanol–water partition coefficient (Wildman–Crippen LogP) is 5.26. The summed E-state index contributed by atoms with van der Waals surface area (Å²) in [5.41, 5.74) is 2.30. The van der Waals surface area contributed by atoms with Gasteiger partial charge in [-0.05, 0) is 40.8 Å². The Kier molecular flexibility index (Phi) is 4.13. The van der Waals surface area contributed by atoms with Gasteiger partial charge in [0.15, 0.2) is 0 Å². The Bertz CT molecular complexity index is 573. The zero-order chi connectivity index (χ0) is 13.2. The highest BCUT2D eigenvalue weighted by Crippen LogP contribution is 2.32. The van der Waals surface area contributed by atoms with Gasteiger partial charge in [-0.1, -0.05) is 43.7 Å². The number of aryl methyl sites for hydroxylation is 1. The van der Waals surface area contributed by atoms with Crippen molar-refractivity contribution >= 4 is 33.0 Å². The van der Waals surface area contributed by atoms with Crippen LogP contribution < -0.4 is 0 Å². The molecule has 19 heavy (non-hydrogen) atoms. The Balaban J connectivity index is 1.82. The van der Waals surface area contributed by atoms with Crippen molar-refractivity contribution in [1.82, 2.24) is 9.38 Å². The van der Waals surface area contributed by atoms with Crippen molar-refractivity contribution in [3.8, 4) is 0 Å². The van der Waals surface area contributed by atoms with Gasteiger partial charge in [0.2, 0.25) is 0 Å². The van der Waals surface area contributed by atoms with E-state index in [0.717, 1.165) is 27.4 Å². The second-order valence-electron chi connectivity index (χ2n) is 5.48. The SMILES string of the molecule is Clc1c(Br)cc2cncn2c1CCC1CCCCC1. The summed E-state index contributed by atoms with van der Waals surface area (Å²) < 4.78 is 3.09. The van der Waals surface area contributed by atoms with Crippen molar-refractivity contribution in [1.29, 1.82) is 0 Å². The predicted molar refractivity (Wildman–Crippen MR) is 82.8 cm³/mol. The van der Waals surface area contributed by atoms with Gasteiger partial charge in [0.25, 0.3) is 0 Å². The summed E-state index contributed by atoms with van der Waals surface area (Å²) in [7, 11) is 0. The third kappa shape index (κ3) is 2.82. The van der Waals surface area contributed by atoms with Crippen molar-refractivity contribution < 1.29 is 0 Å². The van der Waals surface area contributed by atoms with Crippen LogP contribution in [0.5, 0.6) is 0 Å². The second kappa shape index (κ2) is 5.84. The highest BCUT2D eigenvalue weighted by molar-refractivity contribution is 9.10. The largest absolute Gasteiger partial charge is 0.302 e. The fraction of sp³-hybridized carbons (Fsp3) is 0.533. The Morgan fingerprint density at radius 1 is 1.32 bits per heavy atom. The van der Waals surface area contributed by atoms with Crippen LogP contribution in [0.4, 0.5) is 0 Å². The van der Waals surface area contributed by atoms with Gasteiger partial charge < -0.3 is 4.40 Å². The third-order valence-corrected chi connectivity index (χ3v) is 5.49. The summed E-state index contributed by atoms with van der Waals surface area (Å²) >= 11 is 10.00. The van der Waals surface area contributed by atoms with Gasteiger partial charge in [-0.2, -0.15) is 0 Å². The standard InChI is InChI=1S/C15H18BrClN2/c16-13-8-12-9-18-10-19(12)14(15(13)17)7-6-11-4-2-1-3-5-11/h8-11H,1-7H2. The van der Waals surface area contributed by atoms with Gasteiger partial charge >= 0.3 is 0 Å². The normalized spacial score (nSPS) is 17.2. The minimum absolute atomic E-state index is 0.835. The van der Waals surface area contributed by atoms with Crippen LogP contribution in [-0.2, 0) is 6.42 Å². The van der Waals surface area contributed by atoms with E-state index in [2.05, 4.69) is 25.3 Å². The second-order valence-corrected chi connectivity index (χ2v) is 6.72. The summed E-state index contributed by atoms with van der Waals surface area (Å²) in [6.45, 7) is 0. The number of hydrogen-bond acceptors (Lipinski definition) is 1. The molecule has 1 aliphatic rings. The van der Waals surface area contributed by atoms with Crippen LogP contribution in [0.2, 0.25) is 5.02 Å². The molecule has 2 aromatic rings. The molecule has 0 aliphatic heterocycles. The zero-order valence-electron chi connectivity index (χ0n) is 10.9. The van der Waals surface area contributed by atoms with E-state index >= 15 is 0 Å². The van der Waals surface area contributed by atoms with Crippen LogP contribution >= 0.6 is 27.5 Å². The molecule has 1 fully saturated rings. The van der Waals surface area contributed by atoms with Crippen LogP contribution in [0.25, 0.3) is 5.52 Å². The first-order valence-corrected chi connectivity index (χ1v) is 8.22. The maximum atomic E-state index is 6.45. The molecule has 0 spiro atoms. The van der Waals surface area contributed by atoms with Crippen molar-refractivity contribution in [2.24, 2.45) is 5.92 Å². The average molecular weight is 342 g/mol. The molecular weight excluding hydrogens is 324 g/mol. The molecule has 0 unspecified atom stereocenters. The highest BCUT2D eigenvalue weighted by Gasteiger charge is 2.16. The van der Waals surface area contributed by atoms with Crippen LogP contribution in [-0.4, -0.2) is 9.38 Å². The molecular formula is C15H18BrClN2. The topological polar surface area (TPSA) is 17.3 Å². The van der Waals surface area contributed by atoms with E-state index in [1.165, 1.54) is 44.2 Å². The lowest BCUT2D eigenvalue weighted by Gasteiger charge is -2.22. The lowest BCUT2D eigenvalue weighted by atomic mass is 9.86. The molecule has 4 heteroatoms. The molecule has 1 aliphatic carbocycles. The molecule has 0 aromatic carbocycles. The fourth-order valence-corrected chi connectivity index (χ4v) is 3.82. The van der Waals surface area contributed by atoms with E-state index in [-0.39, 0.29) is 0 Å². The molecule has 102 valence electrons. The van der Waals surface area contributed by atoms with Crippen molar-refractivity contribution in [2.45, 2.75) is 44.9 Å². The molecule has 0 radical (unpaired) electrons. The Morgan fingerprint density at radius 2 is 2.11 bits per heavy atom. The Morgan fingerprint density at radius 3 is 2.89 bits per heavy atom. The quantitative estimate of drug-likeness (QED) is 0.744. The summed E-state index contributed by atoms with van der Waals surface area (Å²) in [6, 6.07) is 2.03. The van der Waals surface area contributed by atoms with Gasteiger partial charge in [0.1, 0.15) is 0 Å². The first-order valence-electron chi connectivity index (χ1n) is 7.04. The maximum absolute atomic E-state index is 6.45. The van der Waals surface area contributed by atoms with Gasteiger partial charge in [-0.25, -0.2) is 4.98 Å². The number of aromatic nitrogens is 2. The minimum atomic E-state index is 0.835. The van der Waals surface area contributed by atoms with E-state index in [1.54, 1.807) is 0 Å². The first kappa shape index (κ1) is 13.4. The van der Waals surface area contributed by atoms with E-state index in [1.807, 2.05) is 18.6 Å². The third-order valence-electron chi connectivity index (χ3n) is 4.21. The van der Waals surface area contributed by atoms with Crippen LogP contribution in [0, 0.1) is 5.92 Å². The maximum Gasteiger partial charge on any atom is 0.0994 e. The first-order chi connectivity index (χ1) is 9.25. The van der Waals surface area contributed by atoms with Crippen LogP contribution in [0.1, 0.15) is 44.2 Å². The molecule has 0 N–H and O–H groups in total. The monoisotopic (exact) mass is 340 g/mol. The molecule has 1 saturated carbocycles. The lowest BCUT2D eigenvalue weighted by Crippen LogP contribution is -2.09. The van der Waals surface area contributed by atoms with Crippen molar-refractivity contribution in [3.05, 3.63) is 33.8 Å². The van der Waals surface area contributed by atoms with E-state index < -0.39 is 0 Å². The number of rotatable bonds is 3. The Labute approximate surface area is 127 Å². The fourth-order valence-electron chi connectivity index (χ4n) is 3.12. The summed E-state index contributed by atoms with van der Waals surface area (Å²) in [4.78, 5) is 4.22. The summed E-state index contributed by atoms with van der Waals surface area (Å²) in [5, 5.41) is 0.835. The molecule has 2 heterocycles. The van der Waals surface area contributed by atoms with E-state index in [4.69, 9.17) is 11.6 Å². The number of hydrogen-bond donors (Lipinski definition) is 0. The molecule has 2 aromatic heterocycles. The van der Waals surface area contributed by atoms with E-state index in [0.29, 0.717) is 0 Å². The van der Waals surface area contributed by atoms with Gasteiger partial charge in [-0.3, -0.25) is 0 Å². The molecule has 0 bridgehead atoms. The van der Waals surface area contributed by atoms with Crippen LogP contribution in [0.3, 0.4) is 0 Å². The number of imidazole rings is 1. The highest BCUT2D eigenvalue weighted by atomic mass is 79.9. The molecule has 3 rings (SSSR count). The van der Waals surface area contributed by atoms with Gasteiger partial charge in [0, 0.05) is 10.2 Å². The lowest BCUT2D eigenvalue weighted by molar-refractivity contribution is 0.338. The molecule has 0 atom stereocenters. The van der Waals surface area contributed by atoms with Crippen molar-refractivity contribution in [2.75, 3.05) is 0 Å². The average Bonchev–Trinajstić information content (AvgIpc) is 2.88. The summed E-state index contributed by atoms with van der Waals surface area (Å²) in [5.74, 6) is 0.877. The number of pyridine rings is 1. The summed E-state index contributed by atoms with van der Waals surface area (Å²) in [6.07, 6.45) is 13.0. The van der Waals surface area contributed by atoms with Crippen molar-refractivity contribution in [3.63, 3.8) is 0 Å². The Hall–Kier alpha value is -0.540. The number of fused-ring (bicyclic) bond motifs is 1. The molecule has 0 saturated heterocycles.